The number of aliphatic hydroxyl groups is 1. The smallest absolute Gasteiger partial charge is 0.313 e. The maximum absolute atomic E-state index is 12.6. The molecule has 0 amide bonds. The average Bonchev–Trinajstić information content (AvgIpc) is 2.55. The fourth-order valence-electron chi connectivity index (χ4n) is 2.25. The fourth-order valence-corrected chi connectivity index (χ4v) is 3.29. The zero-order valence-electron chi connectivity index (χ0n) is 14.3. The summed E-state index contributed by atoms with van der Waals surface area (Å²) in [6, 6.07) is 19.1. The summed E-state index contributed by atoms with van der Waals surface area (Å²) in [6.45, 7) is 5.50. The molecule has 0 saturated heterocycles. The van der Waals surface area contributed by atoms with Crippen LogP contribution in [0.25, 0.3) is 0 Å². The van der Waals surface area contributed by atoms with Gasteiger partial charge in [-0.3, -0.25) is 4.79 Å². The van der Waals surface area contributed by atoms with Crippen LogP contribution < -0.4 is 0 Å². The standard InChI is InChI=1S/C20H24O3S/c1-20(2,3)23-19(22)17(14-24-16-12-8-5-9-13-16)18(21)15-10-6-4-7-11-15/h4-13,17-18,21H,14H2,1-3H3/t17-,18+/m1/s1. The van der Waals surface area contributed by atoms with Crippen molar-refractivity contribution in [1.82, 2.24) is 0 Å². The second-order valence-corrected chi connectivity index (χ2v) is 7.71. The van der Waals surface area contributed by atoms with E-state index in [1.54, 1.807) is 11.8 Å². The Kier molecular flexibility index (Phi) is 6.46. The summed E-state index contributed by atoms with van der Waals surface area (Å²) in [7, 11) is 0. The van der Waals surface area contributed by atoms with E-state index in [0.717, 1.165) is 10.5 Å². The number of ether oxygens (including phenoxy) is 1. The van der Waals surface area contributed by atoms with E-state index in [2.05, 4.69) is 0 Å². The number of rotatable bonds is 6. The highest BCUT2D eigenvalue weighted by Gasteiger charge is 2.32. The summed E-state index contributed by atoms with van der Waals surface area (Å²) in [5.41, 5.74) is 0.144. The molecule has 24 heavy (non-hydrogen) atoms. The van der Waals surface area contributed by atoms with Crippen LogP contribution in [0.3, 0.4) is 0 Å². The van der Waals surface area contributed by atoms with Crippen molar-refractivity contribution in [1.29, 1.82) is 0 Å². The number of carbonyl (C=O) groups excluding carboxylic acids is 1. The first kappa shape index (κ1) is 18.6. The molecule has 2 rings (SSSR count). The molecular formula is C20H24O3S. The Morgan fingerprint density at radius 3 is 2.12 bits per heavy atom. The Labute approximate surface area is 148 Å². The van der Waals surface area contributed by atoms with Gasteiger partial charge in [-0.25, -0.2) is 0 Å². The largest absolute Gasteiger partial charge is 0.460 e. The first-order chi connectivity index (χ1) is 11.4. The third-order valence-corrected chi connectivity index (χ3v) is 4.54. The van der Waals surface area contributed by atoms with Crippen molar-refractivity contribution in [2.45, 2.75) is 37.4 Å². The van der Waals surface area contributed by atoms with Gasteiger partial charge in [0, 0.05) is 10.6 Å². The number of esters is 1. The van der Waals surface area contributed by atoms with Gasteiger partial charge in [0.25, 0.3) is 0 Å². The molecule has 0 bridgehead atoms. The Bertz CT molecular complexity index is 635. The van der Waals surface area contributed by atoms with Gasteiger partial charge in [-0.15, -0.1) is 11.8 Å². The van der Waals surface area contributed by atoms with Crippen LogP contribution in [0.4, 0.5) is 0 Å². The summed E-state index contributed by atoms with van der Waals surface area (Å²) >= 11 is 1.55. The van der Waals surface area contributed by atoms with Gasteiger partial charge >= 0.3 is 5.97 Å². The summed E-state index contributed by atoms with van der Waals surface area (Å²) in [4.78, 5) is 13.7. The van der Waals surface area contributed by atoms with E-state index in [1.807, 2.05) is 81.4 Å². The zero-order chi connectivity index (χ0) is 17.6. The number of aliphatic hydroxyl groups excluding tert-OH is 1. The molecule has 0 aliphatic rings. The highest BCUT2D eigenvalue weighted by atomic mass is 32.2. The highest BCUT2D eigenvalue weighted by Crippen LogP contribution is 2.30. The molecule has 0 unspecified atom stereocenters. The van der Waals surface area contributed by atoms with Gasteiger partial charge in [0.15, 0.2) is 0 Å². The van der Waals surface area contributed by atoms with Crippen LogP contribution in [0.15, 0.2) is 65.6 Å². The first-order valence-corrected chi connectivity index (χ1v) is 8.99. The number of thioether (sulfide) groups is 1. The van der Waals surface area contributed by atoms with Crippen LogP contribution >= 0.6 is 11.8 Å². The fraction of sp³-hybridized carbons (Fsp3) is 0.350. The van der Waals surface area contributed by atoms with Gasteiger partial charge in [-0.2, -0.15) is 0 Å². The molecule has 4 heteroatoms. The quantitative estimate of drug-likeness (QED) is 0.620. The number of hydrogen-bond acceptors (Lipinski definition) is 4. The predicted octanol–water partition coefficient (Wildman–Crippen LogP) is 4.47. The molecule has 2 atom stereocenters. The van der Waals surface area contributed by atoms with Crippen molar-refractivity contribution in [2.75, 3.05) is 5.75 Å². The Hall–Kier alpha value is -1.78. The van der Waals surface area contributed by atoms with Crippen molar-refractivity contribution in [3.63, 3.8) is 0 Å². The molecule has 0 aliphatic heterocycles. The summed E-state index contributed by atoms with van der Waals surface area (Å²) in [5.74, 6) is -0.547. The molecule has 128 valence electrons. The van der Waals surface area contributed by atoms with Crippen LogP contribution in [0, 0.1) is 5.92 Å². The lowest BCUT2D eigenvalue weighted by molar-refractivity contribution is -0.163. The van der Waals surface area contributed by atoms with Crippen LogP contribution in [0.5, 0.6) is 0 Å². The molecule has 0 aliphatic carbocycles. The Morgan fingerprint density at radius 1 is 1.04 bits per heavy atom. The van der Waals surface area contributed by atoms with Crippen LogP contribution in [0.1, 0.15) is 32.4 Å². The molecule has 0 aromatic heterocycles. The number of hydrogen-bond donors (Lipinski definition) is 1. The highest BCUT2D eigenvalue weighted by molar-refractivity contribution is 7.99. The Morgan fingerprint density at radius 2 is 1.58 bits per heavy atom. The van der Waals surface area contributed by atoms with Gasteiger partial charge in [-0.1, -0.05) is 48.5 Å². The molecule has 2 aromatic carbocycles. The average molecular weight is 344 g/mol. The van der Waals surface area contributed by atoms with Crippen LogP contribution in [0.2, 0.25) is 0 Å². The van der Waals surface area contributed by atoms with E-state index in [-0.39, 0.29) is 5.97 Å². The molecule has 0 spiro atoms. The second kappa shape index (κ2) is 8.36. The second-order valence-electron chi connectivity index (χ2n) is 6.62. The van der Waals surface area contributed by atoms with E-state index in [4.69, 9.17) is 4.74 Å². The normalized spacial score (nSPS) is 14.0. The van der Waals surface area contributed by atoms with Gasteiger partial charge < -0.3 is 9.84 Å². The van der Waals surface area contributed by atoms with E-state index in [0.29, 0.717) is 5.75 Å². The van der Waals surface area contributed by atoms with Crippen molar-refractivity contribution < 1.29 is 14.6 Å². The summed E-state index contributed by atoms with van der Waals surface area (Å²) < 4.78 is 5.52. The molecule has 1 N–H and O–H groups in total. The minimum absolute atomic E-state index is 0.373. The summed E-state index contributed by atoms with van der Waals surface area (Å²) in [6.07, 6.45) is -0.891. The summed E-state index contributed by atoms with van der Waals surface area (Å²) in [5, 5.41) is 10.7. The van der Waals surface area contributed by atoms with Gasteiger partial charge in [0.1, 0.15) is 5.60 Å². The van der Waals surface area contributed by atoms with Gasteiger partial charge in [0.05, 0.1) is 12.0 Å². The zero-order valence-corrected chi connectivity index (χ0v) is 15.1. The third kappa shape index (κ3) is 5.69. The number of benzene rings is 2. The molecule has 0 fully saturated rings. The van der Waals surface area contributed by atoms with Crippen molar-refractivity contribution in [3.05, 3.63) is 66.2 Å². The lowest BCUT2D eigenvalue weighted by Crippen LogP contribution is -2.33. The van der Waals surface area contributed by atoms with Crippen molar-refractivity contribution >= 4 is 17.7 Å². The number of carbonyl (C=O) groups is 1. The van der Waals surface area contributed by atoms with E-state index in [9.17, 15) is 9.90 Å². The van der Waals surface area contributed by atoms with E-state index in [1.165, 1.54) is 0 Å². The minimum Gasteiger partial charge on any atom is -0.460 e. The van der Waals surface area contributed by atoms with Crippen molar-refractivity contribution in [3.8, 4) is 0 Å². The maximum atomic E-state index is 12.6. The van der Waals surface area contributed by atoms with Gasteiger partial charge in [-0.05, 0) is 38.5 Å². The molecule has 0 heterocycles. The topological polar surface area (TPSA) is 46.5 Å². The SMILES string of the molecule is CC(C)(C)OC(=O)[C@H](CSc1ccccc1)[C@@H](O)c1ccccc1. The first-order valence-electron chi connectivity index (χ1n) is 8.00. The van der Waals surface area contributed by atoms with Crippen LogP contribution in [-0.4, -0.2) is 22.4 Å². The lowest BCUT2D eigenvalue weighted by Gasteiger charge is -2.26. The van der Waals surface area contributed by atoms with Gasteiger partial charge in [0.2, 0.25) is 0 Å². The van der Waals surface area contributed by atoms with Crippen LogP contribution in [-0.2, 0) is 9.53 Å². The molecule has 3 nitrogen and oxygen atoms in total. The monoisotopic (exact) mass is 344 g/mol. The lowest BCUT2D eigenvalue weighted by atomic mass is 9.97. The molecular weight excluding hydrogens is 320 g/mol. The molecule has 0 radical (unpaired) electrons. The molecule has 0 saturated carbocycles. The maximum Gasteiger partial charge on any atom is 0.313 e. The van der Waals surface area contributed by atoms with E-state index >= 15 is 0 Å². The minimum atomic E-state index is -0.891. The Balaban J connectivity index is 2.15. The predicted molar refractivity (Wildman–Crippen MR) is 97.9 cm³/mol. The van der Waals surface area contributed by atoms with E-state index < -0.39 is 17.6 Å². The molecule has 2 aromatic rings. The van der Waals surface area contributed by atoms with Crippen molar-refractivity contribution in [2.24, 2.45) is 5.92 Å². The third-order valence-electron chi connectivity index (χ3n) is 3.40.